The Balaban J connectivity index is 2.28. The van der Waals surface area contributed by atoms with Crippen molar-refractivity contribution in [2.45, 2.75) is 6.92 Å². The summed E-state index contributed by atoms with van der Waals surface area (Å²) < 4.78 is 0. The Morgan fingerprint density at radius 3 is 2.77 bits per heavy atom. The molecule has 114 valence electrons. The van der Waals surface area contributed by atoms with Crippen LogP contribution in [-0.4, -0.2) is 33.6 Å². The Labute approximate surface area is 126 Å². The number of amides is 2. The second kappa shape index (κ2) is 7.02. The molecule has 0 fully saturated rings. The van der Waals surface area contributed by atoms with Gasteiger partial charge >= 0.3 is 12.0 Å². The normalized spacial score (nSPS) is 9.86. The quantitative estimate of drug-likeness (QED) is 0.671. The predicted octanol–water partition coefficient (Wildman–Crippen LogP) is 2.06. The molecular formula is C14H15N5O3. The number of carbonyl (C=O) groups is 2. The summed E-state index contributed by atoms with van der Waals surface area (Å²) in [5, 5.41) is 17.2. The van der Waals surface area contributed by atoms with Gasteiger partial charge in [0.2, 0.25) is 0 Å². The van der Waals surface area contributed by atoms with E-state index >= 15 is 0 Å². The zero-order valence-electron chi connectivity index (χ0n) is 11.8. The third-order valence-corrected chi connectivity index (χ3v) is 2.65. The summed E-state index contributed by atoms with van der Waals surface area (Å²) in [4.78, 5) is 30.6. The molecule has 0 spiro atoms. The fraction of sp³-hybridized carbons (Fsp3) is 0.143. The minimum absolute atomic E-state index is 0.00898. The fourth-order valence-corrected chi connectivity index (χ4v) is 1.71. The third-order valence-electron chi connectivity index (χ3n) is 2.65. The number of hydrogen-bond donors (Lipinski definition) is 4. The maximum Gasteiger partial charge on any atom is 0.339 e. The van der Waals surface area contributed by atoms with Gasteiger partial charge in [-0.2, -0.15) is 0 Å². The van der Waals surface area contributed by atoms with Crippen LogP contribution in [0.25, 0.3) is 0 Å². The maximum absolute atomic E-state index is 11.5. The molecule has 2 rings (SSSR count). The van der Waals surface area contributed by atoms with Crippen LogP contribution in [0.5, 0.6) is 0 Å². The summed E-state index contributed by atoms with van der Waals surface area (Å²) in [6.07, 6.45) is 4.35. The van der Waals surface area contributed by atoms with Gasteiger partial charge in [-0.05, 0) is 19.1 Å². The van der Waals surface area contributed by atoms with Crippen LogP contribution in [0.1, 0.15) is 17.3 Å². The number of carboxylic acids is 1. The molecule has 2 heterocycles. The highest BCUT2D eigenvalue weighted by Gasteiger charge is 2.13. The number of pyridine rings is 2. The second-order valence-corrected chi connectivity index (χ2v) is 4.27. The number of aromatic nitrogens is 2. The van der Waals surface area contributed by atoms with Crippen LogP contribution in [0.3, 0.4) is 0 Å². The van der Waals surface area contributed by atoms with E-state index in [1.165, 1.54) is 12.3 Å². The SMILES string of the molecule is CCNC(=O)Nc1cc(Nc2cccnc2)c(C(=O)O)cn1. The Hall–Kier alpha value is -3.16. The monoisotopic (exact) mass is 301 g/mol. The average Bonchev–Trinajstić information content (AvgIpc) is 2.48. The second-order valence-electron chi connectivity index (χ2n) is 4.27. The first-order valence-corrected chi connectivity index (χ1v) is 6.55. The first kappa shape index (κ1) is 15.2. The molecule has 4 N–H and O–H groups in total. The van der Waals surface area contributed by atoms with Crippen molar-refractivity contribution in [3.8, 4) is 0 Å². The number of carboxylic acid groups (broad SMARTS) is 1. The molecule has 0 aliphatic rings. The Morgan fingerprint density at radius 2 is 2.14 bits per heavy atom. The van der Waals surface area contributed by atoms with Gasteiger partial charge in [-0.1, -0.05) is 0 Å². The smallest absolute Gasteiger partial charge is 0.339 e. The molecular weight excluding hydrogens is 286 g/mol. The van der Waals surface area contributed by atoms with Crippen LogP contribution in [0.15, 0.2) is 36.8 Å². The lowest BCUT2D eigenvalue weighted by Gasteiger charge is -2.11. The largest absolute Gasteiger partial charge is 0.478 e. The van der Waals surface area contributed by atoms with Crippen LogP contribution >= 0.6 is 0 Å². The minimum Gasteiger partial charge on any atom is -0.478 e. The lowest BCUT2D eigenvalue weighted by atomic mass is 10.2. The molecule has 2 amide bonds. The van der Waals surface area contributed by atoms with Crippen molar-refractivity contribution in [2.24, 2.45) is 0 Å². The first-order chi connectivity index (χ1) is 10.6. The molecule has 0 bridgehead atoms. The summed E-state index contributed by atoms with van der Waals surface area (Å²) >= 11 is 0. The molecule has 8 heteroatoms. The summed E-state index contributed by atoms with van der Waals surface area (Å²) in [6, 6.07) is 4.50. The van der Waals surface area contributed by atoms with Crippen molar-refractivity contribution < 1.29 is 14.7 Å². The van der Waals surface area contributed by atoms with E-state index < -0.39 is 12.0 Å². The van der Waals surface area contributed by atoms with E-state index in [0.717, 1.165) is 0 Å². The van der Waals surface area contributed by atoms with E-state index in [2.05, 4.69) is 25.9 Å². The van der Waals surface area contributed by atoms with E-state index in [9.17, 15) is 14.7 Å². The first-order valence-electron chi connectivity index (χ1n) is 6.55. The number of urea groups is 1. The van der Waals surface area contributed by atoms with Gasteiger partial charge in [-0.25, -0.2) is 14.6 Å². The van der Waals surface area contributed by atoms with Gasteiger partial charge in [0, 0.05) is 25.0 Å². The van der Waals surface area contributed by atoms with E-state index in [-0.39, 0.29) is 11.4 Å². The lowest BCUT2D eigenvalue weighted by Crippen LogP contribution is -2.28. The molecule has 22 heavy (non-hydrogen) atoms. The lowest BCUT2D eigenvalue weighted by molar-refractivity contribution is 0.0697. The van der Waals surface area contributed by atoms with Gasteiger partial charge < -0.3 is 15.7 Å². The number of rotatable bonds is 5. The Bertz CT molecular complexity index is 675. The molecule has 0 atom stereocenters. The highest BCUT2D eigenvalue weighted by molar-refractivity contribution is 5.96. The Morgan fingerprint density at radius 1 is 1.32 bits per heavy atom. The van der Waals surface area contributed by atoms with Crippen molar-refractivity contribution in [1.29, 1.82) is 0 Å². The van der Waals surface area contributed by atoms with Crippen LogP contribution in [0.2, 0.25) is 0 Å². The summed E-state index contributed by atoms with van der Waals surface area (Å²) in [5.74, 6) is -0.884. The predicted molar refractivity (Wildman–Crippen MR) is 81.4 cm³/mol. The van der Waals surface area contributed by atoms with Gasteiger partial charge in [-0.3, -0.25) is 10.3 Å². The summed E-state index contributed by atoms with van der Waals surface area (Å²) in [5.41, 5.74) is 0.924. The maximum atomic E-state index is 11.5. The number of anilines is 3. The average molecular weight is 301 g/mol. The molecule has 2 aromatic rings. The van der Waals surface area contributed by atoms with Crippen LogP contribution < -0.4 is 16.0 Å². The molecule has 2 aromatic heterocycles. The van der Waals surface area contributed by atoms with Gasteiger partial charge in [0.1, 0.15) is 11.4 Å². The zero-order valence-corrected chi connectivity index (χ0v) is 11.8. The number of aromatic carboxylic acids is 1. The molecule has 0 aliphatic carbocycles. The molecule has 0 unspecified atom stereocenters. The van der Waals surface area contributed by atoms with Gasteiger partial charge in [-0.15, -0.1) is 0 Å². The van der Waals surface area contributed by atoms with Crippen LogP contribution in [0.4, 0.5) is 22.0 Å². The van der Waals surface area contributed by atoms with E-state index in [1.54, 1.807) is 31.5 Å². The van der Waals surface area contributed by atoms with Gasteiger partial charge in [0.05, 0.1) is 17.6 Å². The molecule has 0 saturated carbocycles. The zero-order chi connectivity index (χ0) is 15.9. The van der Waals surface area contributed by atoms with Crippen LogP contribution in [-0.2, 0) is 0 Å². The van der Waals surface area contributed by atoms with Crippen molar-refractivity contribution in [2.75, 3.05) is 17.2 Å². The number of carbonyl (C=O) groups excluding carboxylic acids is 1. The highest BCUT2D eigenvalue weighted by Crippen LogP contribution is 2.22. The summed E-state index contributed by atoms with van der Waals surface area (Å²) in [7, 11) is 0. The standard InChI is InChI=1S/C14H15N5O3/c1-2-16-14(22)19-12-6-11(10(8-17-12)13(20)21)18-9-4-3-5-15-7-9/h3-8H,2H2,1H3,(H,20,21)(H3,16,17,18,19,22). The number of nitrogens with zero attached hydrogens (tertiary/aromatic N) is 2. The van der Waals surface area contributed by atoms with E-state index in [1.807, 2.05) is 0 Å². The topological polar surface area (TPSA) is 116 Å². The summed E-state index contributed by atoms with van der Waals surface area (Å²) in [6.45, 7) is 2.26. The van der Waals surface area contributed by atoms with Crippen molar-refractivity contribution in [3.63, 3.8) is 0 Å². The van der Waals surface area contributed by atoms with Crippen molar-refractivity contribution in [3.05, 3.63) is 42.4 Å². The molecule has 0 aromatic carbocycles. The number of hydrogen-bond acceptors (Lipinski definition) is 5. The molecule has 8 nitrogen and oxygen atoms in total. The molecule has 0 aliphatic heterocycles. The highest BCUT2D eigenvalue weighted by atomic mass is 16.4. The number of nitrogens with one attached hydrogen (secondary N) is 3. The van der Waals surface area contributed by atoms with Gasteiger partial charge in [0.25, 0.3) is 0 Å². The molecule has 0 saturated heterocycles. The van der Waals surface area contributed by atoms with E-state index in [4.69, 9.17) is 0 Å². The minimum atomic E-state index is -1.12. The van der Waals surface area contributed by atoms with Crippen LogP contribution in [0, 0.1) is 0 Å². The van der Waals surface area contributed by atoms with Crippen molar-refractivity contribution >= 4 is 29.2 Å². The van der Waals surface area contributed by atoms with E-state index in [0.29, 0.717) is 17.9 Å². The molecule has 0 radical (unpaired) electrons. The third kappa shape index (κ3) is 3.92. The van der Waals surface area contributed by atoms with Gasteiger partial charge in [0.15, 0.2) is 0 Å². The Kier molecular flexibility index (Phi) is 4.86. The van der Waals surface area contributed by atoms with Crippen molar-refractivity contribution in [1.82, 2.24) is 15.3 Å². The fourth-order valence-electron chi connectivity index (χ4n) is 1.71.